The molecule has 7 heteroatoms. The highest BCUT2D eigenvalue weighted by molar-refractivity contribution is 5.86. The maximum atomic E-state index is 13.3. The van der Waals surface area contributed by atoms with Crippen LogP contribution in [0.3, 0.4) is 0 Å². The molecule has 3 fully saturated rings. The van der Waals surface area contributed by atoms with Gasteiger partial charge in [0.1, 0.15) is 5.82 Å². The summed E-state index contributed by atoms with van der Waals surface area (Å²) in [6.07, 6.45) is 4.00. The number of nitrogens with zero attached hydrogens (tertiary/aromatic N) is 4. The monoisotopic (exact) mass is 416 g/mol. The first kappa shape index (κ1) is 21.2. The molecule has 0 aliphatic carbocycles. The van der Waals surface area contributed by atoms with E-state index in [0.717, 1.165) is 51.6 Å². The number of aromatic nitrogens is 1. The third kappa shape index (κ3) is 3.61. The molecule has 2 amide bonds. The predicted octanol–water partition coefficient (Wildman–Crippen LogP) is 2.19. The van der Waals surface area contributed by atoms with E-state index in [-0.39, 0.29) is 23.2 Å². The van der Waals surface area contributed by atoms with Crippen LogP contribution in [0.2, 0.25) is 0 Å². The smallest absolute Gasteiger partial charge is 0.230 e. The van der Waals surface area contributed by atoms with E-state index in [4.69, 9.17) is 0 Å². The summed E-state index contributed by atoms with van der Waals surface area (Å²) in [6, 6.07) is 2.91. The fourth-order valence-corrected chi connectivity index (χ4v) is 6.00. The van der Waals surface area contributed by atoms with E-state index in [1.807, 2.05) is 16.8 Å². The minimum Gasteiger partial charge on any atom is -0.345 e. The SMILES string of the molecule is CC(C)CN1CC2(CCN(C(=O)Cc3ccc(F)cn3)CC2)[C@]2(CCN(C)C2=O)C1. The Morgan fingerprint density at radius 1 is 1.17 bits per heavy atom. The van der Waals surface area contributed by atoms with Crippen LogP contribution in [0, 0.1) is 22.6 Å². The molecule has 0 unspecified atom stereocenters. The van der Waals surface area contributed by atoms with Gasteiger partial charge in [0.15, 0.2) is 0 Å². The molecule has 0 radical (unpaired) electrons. The first-order valence-corrected chi connectivity index (χ1v) is 11.1. The number of hydrogen-bond acceptors (Lipinski definition) is 4. The number of pyridine rings is 1. The average Bonchev–Trinajstić information content (AvgIpc) is 3.15. The van der Waals surface area contributed by atoms with Gasteiger partial charge in [-0.05, 0) is 37.3 Å². The zero-order valence-corrected chi connectivity index (χ0v) is 18.4. The second kappa shape index (κ2) is 7.91. The van der Waals surface area contributed by atoms with Crippen molar-refractivity contribution >= 4 is 11.8 Å². The first-order valence-electron chi connectivity index (χ1n) is 11.1. The molecule has 1 atom stereocenters. The van der Waals surface area contributed by atoms with Crippen molar-refractivity contribution in [2.75, 3.05) is 46.3 Å². The van der Waals surface area contributed by atoms with Crippen LogP contribution in [-0.4, -0.2) is 77.8 Å². The highest BCUT2D eigenvalue weighted by atomic mass is 19.1. The number of likely N-dealkylation sites (tertiary alicyclic amines) is 3. The van der Waals surface area contributed by atoms with Crippen molar-refractivity contribution in [3.8, 4) is 0 Å². The average molecular weight is 417 g/mol. The highest BCUT2D eigenvalue weighted by Gasteiger charge is 2.64. The Labute approximate surface area is 178 Å². The Hall–Kier alpha value is -2.02. The van der Waals surface area contributed by atoms with Gasteiger partial charge in [-0.25, -0.2) is 4.39 Å². The minimum atomic E-state index is -0.394. The van der Waals surface area contributed by atoms with E-state index < -0.39 is 5.82 Å². The molecule has 4 heterocycles. The Morgan fingerprint density at radius 2 is 1.90 bits per heavy atom. The van der Waals surface area contributed by atoms with Gasteiger partial charge in [-0.1, -0.05) is 13.8 Å². The number of piperidine rings is 1. The Kier molecular flexibility index (Phi) is 5.60. The largest absolute Gasteiger partial charge is 0.345 e. The predicted molar refractivity (Wildman–Crippen MR) is 112 cm³/mol. The van der Waals surface area contributed by atoms with Crippen LogP contribution in [0.4, 0.5) is 4.39 Å². The third-order valence-corrected chi connectivity index (χ3v) is 7.48. The quantitative estimate of drug-likeness (QED) is 0.755. The molecule has 3 saturated heterocycles. The van der Waals surface area contributed by atoms with Crippen molar-refractivity contribution in [1.29, 1.82) is 0 Å². The van der Waals surface area contributed by atoms with E-state index in [1.54, 1.807) is 6.07 Å². The first-order chi connectivity index (χ1) is 14.2. The second-order valence-corrected chi connectivity index (χ2v) is 9.93. The van der Waals surface area contributed by atoms with E-state index in [0.29, 0.717) is 30.6 Å². The van der Waals surface area contributed by atoms with Crippen LogP contribution in [0.1, 0.15) is 38.8 Å². The van der Waals surface area contributed by atoms with Crippen LogP contribution in [0.15, 0.2) is 18.3 Å². The lowest BCUT2D eigenvalue weighted by molar-refractivity contribution is -0.143. The molecule has 3 aliphatic heterocycles. The van der Waals surface area contributed by atoms with Crippen LogP contribution in [-0.2, 0) is 16.0 Å². The normalized spacial score (nSPS) is 26.5. The number of halogens is 1. The molecule has 3 aliphatic rings. The van der Waals surface area contributed by atoms with Crippen LogP contribution < -0.4 is 0 Å². The van der Waals surface area contributed by atoms with Gasteiger partial charge in [0.25, 0.3) is 0 Å². The number of hydrogen-bond donors (Lipinski definition) is 0. The summed E-state index contributed by atoms with van der Waals surface area (Å²) < 4.78 is 13.1. The van der Waals surface area contributed by atoms with E-state index in [9.17, 15) is 14.0 Å². The summed E-state index contributed by atoms with van der Waals surface area (Å²) in [4.78, 5) is 36.4. The van der Waals surface area contributed by atoms with E-state index >= 15 is 0 Å². The molecule has 0 bridgehead atoms. The summed E-state index contributed by atoms with van der Waals surface area (Å²) in [7, 11) is 1.92. The molecule has 164 valence electrons. The van der Waals surface area contributed by atoms with Crippen LogP contribution in [0.5, 0.6) is 0 Å². The Morgan fingerprint density at radius 3 is 2.47 bits per heavy atom. The maximum absolute atomic E-state index is 13.3. The van der Waals surface area contributed by atoms with Gasteiger partial charge < -0.3 is 14.7 Å². The van der Waals surface area contributed by atoms with Crippen molar-refractivity contribution < 1.29 is 14.0 Å². The topological polar surface area (TPSA) is 56.8 Å². The molecule has 2 spiro atoms. The molecule has 0 saturated carbocycles. The number of carbonyl (C=O) groups is 2. The van der Waals surface area contributed by atoms with Crippen molar-refractivity contribution in [2.24, 2.45) is 16.7 Å². The van der Waals surface area contributed by atoms with E-state index in [1.165, 1.54) is 6.07 Å². The van der Waals surface area contributed by atoms with Gasteiger partial charge in [-0.3, -0.25) is 14.6 Å². The van der Waals surface area contributed by atoms with Gasteiger partial charge in [0, 0.05) is 57.4 Å². The van der Waals surface area contributed by atoms with Crippen LogP contribution in [0.25, 0.3) is 0 Å². The zero-order chi connectivity index (χ0) is 21.5. The Balaban J connectivity index is 1.47. The molecule has 1 aromatic rings. The number of carbonyl (C=O) groups excluding carboxylic acids is 2. The van der Waals surface area contributed by atoms with Gasteiger partial charge in [-0.15, -0.1) is 0 Å². The zero-order valence-electron chi connectivity index (χ0n) is 18.4. The fraction of sp³-hybridized carbons (Fsp3) is 0.696. The summed E-state index contributed by atoms with van der Waals surface area (Å²) in [5.41, 5.74) is 0.244. The molecule has 1 aromatic heterocycles. The van der Waals surface area contributed by atoms with E-state index in [2.05, 4.69) is 23.7 Å². The van der Waals surface area contributed by atoms with Crippen molar-refractivity contribution in [2.45, 2.75) is 39.5 Å². The Bertz CT molecular complexity index is 804. The number of fused-ring (bicyclic) bond motifs is 1. The number of amides is 2. The summed E-state index contributed by atoms with van der Waals surface area (Å²) >= 11 is 0. The second-order valence-electron chi connectivity index (χ2n) is 9.93. The molecular formula is C23H33FN4O2. The number of rotatable bonds is 4. The van der Waals surface area contributed by atoms with Gasteiger partial charge in [-0.2, -0.15) is 0 Å². The molecular weight excluding hydrogens is 383 g/mol. The fourth-order valence-electron chi connectivity index (χ4n) is 6.00. The molecule has 4 rings (SSSR count). The lowest BCUT2D eigenvalue weighted by atomic mass is 9.60. The van der Waals surface area contributed by atoms with Crippen molar-refractivity contribution in [3.05, 3.63) is 29.8 Å². The summed E-state index contributed by atoms with van der Waals surface area (Å²) in [5.74, 6) is 0.500. The van der Waals surface area contributed by atoms with Gasteiger partial charge >= 0.3 is 0 Å². The summed E-state index contributed by atoms with van der Waals surface area (Å²) in [6.45, 7) is 9.45. The minimum absolute atomic E-state index is 0.0323. The summed E-state index contributed by atoms with van der Waals surface area (Å²) in [5, 5.41) is 0. The molecule has 0 N–H and O–H groups in total. The third-order valence-electron chi connectivity index (χ3n) is 7.48. The highest BCUT2D eigenvalue weighted by Crippen LogP contribution is 2.57. The van der Waals surface area contributed by atoms with Gasteiger partial charge in [0.2, 0.25) is 11.8 Å². The van der Waals surface area contributed by atoms with Crippen molar-refractivity contribution in [3.63, 3.8) is 0 Å². The lowest BCUT2D eigenvalue weighted by Gasteiger charge is -2.47. The standard InChI is InChI=1S/C23H33FN4O2/c1-17(2)14-27-15-22(23(16-27)8-9-26(3)21(23)30)6-10-28(11-7-22)20(29)12-19-5-4-18(24)13-25-19/h4-5,13,17H,6-12,14-16H2,1-3H3/t23-/m1/s1. The maximum Gasteiger partial charge on any atom is 0.230 e. The molecule has 0 aromatic carbocycles. The van der Waals surface area contributed by atoms with Gasteiger partial charge in [0.05, 0.1) is 18.0 Å². The molecule has 30 heavy (non-hydrogen) atoms. The lowest BCUT2D eigenvalue weighted by Crippen LogP contribution is -2.53. The van der Waals surface area contributed by atoms with Crippen LogP contribution >= 0.6 is 0 Å². The molecule has 6 nitrogen and oxygen atoms in total. The van der Waals surface area contributed by atoms with Crippen molar-refractivity contribution in [1.82, 2.24) is 19.7 Å².